The molecule has 6 heteroatoms. The van der Waals surface area contributed by atoms with E-state index in [1.807, 2.05) is 13.0 Å². The van der Waals surface area contributed by atoms with Gasteiger partial charge < -0.3 is 4.74 Å². The fourth-order valence-corrected chi connectivity index (χ4v) is 3.85. The Morgan fingerprint density at radius 2 is 1.80 bits per heavy atom. The normalized spacial score (nSPS) is 13.3. The third-order valence-electron chi connectivity index (χ3n) is 4.17. The first kappa shape index (κ1) is 17.4. The predicted octanol–water partition coefficient (Wildman–Crippen LogP) is 3.46. The maximum Gasteiger partial charge on any atom is 0.348 e. The first-order chi connectivity index (χ1) is 12.0. The van der Waals surface area contributed by atoms with Gasteiger partial charge in [-0.15, -0.1) is 11.3 Å². The van der Waals surface area contributed by atoms with Gasteiger partial charge in [0.25, 0.3) is 11.8 Å². The number of hydrogen-bond acceptors (Lipinski definition) is 5. The summed E-state index contributed by atoms with van der Waals surface area (Å²) in [6.45, 7) is 4.14. The lowest BCUT2D eigenvalue weighted by Crippen LogP contribution is -2.33. The summed E-state index contributed by atoms with van der Waals surface area (Å²) in [5.74, 6) is -1.09. The van der Waals surface area contributed by atoms with E-state index in [1.54, 1.807) is 24.3 Å². The van der Waals surface area contributed by atoms with Crippen LogP contribution in [0.1, 0.15) is 54.2 Å². The highest BCUT2D eigenvalue weighted by Crippen LogP contribution is 2.24. The Hall–Kier alpha value is -2.47. The molecular weight excluding hydrogens is 338 g/mol. The molecule has 1 aliphatic heterocycles. The Bertz CT molecular complexity index is 805. The summed E-state index contributed by atoms with van der Waals surface area (Å²) in [4.78, 5) is 39.5. The van der Waals surface area contributed by atoms with E-state index in [9.17, 15) is 14.4 Å². The molecule has 0 saturated carbocycles. The van der Waals surface area contributed by atoms with Crippen molar-refractivity contribution in [2.24, 2.45) is 0 Å². The molecule has 2 aromatic rings. The van der Waals surface area contributed by atoms with E-state index in [-0.39, 0.29) is 25.0 Å². The second-order valence-corrected chi connectivity index (χ2v) is 7.14. The van der Waals surface area contributed by atoms with E-state index in [2.05, 4.69) is 6.92 Å². The van der Waals surface area contributed by atoms with Crippen molar-refractivity contribution in [3.8, 4) is 0 Å². The molecule has 0 spiro atoms. The van der Waals surface area contributed by atoms with E-state index in [0.717, 1.165) is 22.6 Å². The van der Waals surface area contributed by atoms with Crippen molar-refractivity contribution < 1.29 is 19.1 Å². The van der Waals surface area contributed by atoms with E-state index < -0.39 is 5.97 Å². The van der Waals surface area contributed by atoms with Gasteiger partial charge in [0.1, 0.15) is 11.5 Å². The van der Waals surface area contributed by atoms with Gasteiger partial charge in [-0.05, 0) is 37.1 Å². The van der Waals surface area contributed by atoms with E-state index in [1.165, 1.54) is 16.9 Å². The minimum atomic E-state index is -0.410. The number of benzene rings is 1. The lowest BCUT2D eigenvalue weighted by molar-refractivity contribution is 0.0424. The molecule has 0 saturated heterocycles. The summed E-state index contributed by atoms with van der Waals surface area (Å²) in [6.07, 6.45) is 1.95. The number of aryl methyl sites for hydroxylation is 2. The summed E-state index contributed by atoms with van der Waals surface area (Å²) in [6, 6.07) is 8.57. The zero-order valence-electron chi connectivity index (χ0n) is 14.2. The molecule has 1 aliphatic rings. The highest BCUT2D eigenvalue weighted by Gasteiger charge is 2.34. The molecule has 1 aromatic heterocycles. The number of carbonyl (C=O) groups is 3. The summed E-state index contributed by atoms with van der Waals surface area (Å²) >= 11 is 1.41. The number of carbonyl (C=O) groups excluding carboxylic acids is 3. The number of hydrogen-bond donors (Lipinski definition) is 0. The number of esters is 1. The van der Waals surface area contributed by atoms with Gasteiger partial charge in [-0.25, -0.2) is 4.79 Å². The molecule has 130 valence electrons. The summed E-state index contributed by atoms with van der Waals surface area (Å²) < 4.78 is 5.26. The lowest BCUT2D eigenvalue weighted by Gasteiger charge is -2.13. The highest BCUT2D eigenvalue weighted by atomic mass is 32.1. The average molecular weight is 357 g/mol. The Kier molecular flexibility index (Phi) is 4.99. The van der Waals surface area contributed by atoms with Crippen LogP contribution in [-0.4, -0.2) is 35.8 Å². The van der Waals surface area contributed by atoms with Crippen LogP contribution in [0.2, 0.25) is 0 Å². The van der Waals surface area contributed by atoms with Gasteiger partial charge in [-0.2, -0.15) is 0 Å². The number of ether oxygens (including phenoxy) is 1. The second-order valence-electron chi connectivity index (χ2n) is 5.89. The standard InChI is InChI=1S/C19H19NO4S/c1-3-6-13-11-16(25-12(13)2)19(23)24-10-9-20-17(21)14-7-4-5-8-15(14)18(20)22/h4-5,7-8,11H,3,6,9-10H2,1-2H3. The monoisotopic (exact) mass is 357 g/mol. The van der Waals surface area contributed by atoms with Gasteiger partial charge in [-0.3, -0.25) is 14.5 Å². The molecule has 1 aromatic carbocycles. The molecule has 25 heavy (non-hydrogen) atoms. The number of fused-ring (bicyclic) bond motifs is 1. The Morgan fingerprint density at radius 3 is 2.40 bits per heavy atom. The molecule has 0 unspecified atom stereocenters. The van der Waals surface area contributed by atoms with Crippen molar-refractivity contribution in [3.63, 3.8) is 0 Å². The zero-order valence-corrected chi connectivity index (χ0v) is 15.0. The van der Waals surface area contributed by atoms with Crippen molar-refractivity contribution >= 4 is 29.1 Å². The molecule has 0 fully saturated rings. The van der Waals surface area contributed by atoms with Crippen LogP contribution >= 0.6 is 11.3 Å². The van der Waals surface area contributed by atoms with Crippen LogP contribution < -0.4 is 0 Å². The minimum Gasteiger partial charge on any atom is -0.460 e. The predicted molar refractivity (Wildman–Crippen MR) is 95.1 cm³/mol. The van der Waals surface area contributed by atoms with Gasteiger partial charge in [-0.1, -0.05) is 25.5 Å². The van der Waals surface area contributed by atoms with Gasteiger partial charge in [0, 0.05) is 4.88 Å². The molecule has 0 aliphatic carbocycles. The van der Waals surface area contributed by atoms with Gasteiger partial charge in [0.05, 0.1) is 17.7 Å². The lowest BCUT2D eigenvalue weighted by atomic mass is 10.1. The van der Waals surface area contributed by atoms with Crippen LogP contribution in [0.5, 0.6) is 0 Å². The molecule has 2 heterocycles. The molecule has 0 atom stereocenters. The molecule has 0 radical (unpaired) electrons. The maximum atomic E-state index is 12.2. The Morgan fingerprint density at radius 1 is 1.16 bits per heavy atom. The van der Waals surface area contributed by atoms with Crippen molar-refractivity contribution in [2.75, 3.05) is 13.2 Å². The quantitative estimate of drug-likeness (QED) is 0.587. The van der Waals surface area contributed by atoms with Crippen LogP contribution in [0.4, 0.5) is 0 Å². The number of imide groups is 1. The third-order valence-corrected chi connectivity index (χ3v) is 5.24. The van der Waals surface area contributed by atoms with Crippen molar-refractivity contribution in [1.29, 1.82) is 0 Å². The third kappa shape index (κ3) is 3.35. The number of rotatable bonds is 6. The first-order valence-electron chi connectivity index (χ1n) is 8.24. The summed E-state index contributed by atoms with van der Waals surface area (Å²) in [5.41, 5.74) is 1.97. The number of amides is 2. The van der Waals surface area contributed by atoms with E-state index >= 15 is 0 Å². The van der Waals surface area contributed by atoms with Gasteiger partial charge >= 0.3 is 5.97 Å². The minimum absolute atomic E-state index is 0.00956. The fraction of sp³-hybridized carbons (Fsp3) is 0.316. The largest absolute Gasteiger partial charge is 0.460 e. The molecular formula is C19H19NO4S. The van der Waals surface area contributed by atoms with Crippen molar-refractivity contribution in [2.45, 2.75) is 26.7 Å². The van der Waals surface area contributed by atoms with Crippen LogP contribution in [0.3, 0.4) is 0 Å². The Labute approximate surface area is 150 Å². The topological polar surface area (TPSA) is 63.7 Å². The van der Waals surface area contributed by atoms with Crippen LogP contribution in [0, 0.1) is 6.92 Å². The summed E-state index contributed by atoms with van der Waals surface area (Å²) in [5, 5.41) is 0. The van der Waals surface area contributed by atoms with Crippen molar-refractivity contribution in [1.82, 2.24) is 4.90 Å². The number of nitrogens with zero attached hydrogens (tertiary/aromatic N) is 1. The first-order valence-corrected chi connectivity index (χ1v) is 9.06. The van der Waals surface area contributed by atoms with Gasteiger partial charge in [0.2, 0.25) is 0 Å². The molecule has 0 N–H and O–H groups in total. The molecule has 0 bridgehead atoms. The highest BCUT2D eigenvalue weighted by molar-refractivity contribution is 7.14. The molecule has 3 rings (SSSR count). The van der Waals surface area contributed by atoms with Crippen molar-refractivity contribution in [3.05, 3.63) is 56.8 Å². The molecule has 2 amide bonds. The zero-order chi connectivity index (χ0) is 18.0. The Balaban J connectivity index is 1.58. The SMILES string of the molecule is CCCc1cc(C(=O)OCCN2C(=O)c3ccccc3C2=O)sc1C. The van der Waals surface area contributed by atoms with Crippen LogP contribution in [-0.2, 0) is 11.2 Å². The van der Waals surface area contributed by atoms with E-state index in [0.29, 0.717) is 16.0 Å². The van der Waals surface area contributed by atoms with Crippen LogP contribution in [0.25, 0.3) is 0 Å². The summed E-state index contributed by atoms with van der Waals surface area (Å²) in [7, 11) is 0. The number of thiophene rings is 1. The van der Waals surface area contributed by atoms with E-state index in [4.69, 9.17) is 4.74 Å². The average Bonchev–Trinajstić information content (AvgIpc) is 3.09. The maximum absolute atomic E-state index is 12.2. The molecule has 5 nitrogen and oxygen atoms in total. The smallest absolute Gasteiger partial charge is 0.348 e. The fourth-order valence-electron chi connectivity index (χ4n) is 2.88. The van der Waals surface area contributed by atoms with Crippen LogP contribution in [0.15, 0.2) is 30.3 Å². The second kappa shape index (κ2) is 7.19. The van der Waals surface area contributed by atoms with Gasteiger partial charge in [0.15, 0.2) is 0 Å².